The number of amides is 1. The molecule has 1 atom stereocenters. The van der Waals surface area contributed by atoms with Gasteiger partial charge in [-0.05, 0) is 53.5 Å². The fourth-order valence-corrected chi connectivity index (χ4v) is 2.45. The number of rotatable bonds is 2. The van der Waals surface area contributed by atoms with Gasteiger partial charge in [-0.2, -0.15) is 0 Å². The molecule has 1 aliphatic heterocycles. The molecule has 130 valence electrons. The monoisotopic (exact) mass is 330 g/mol. The Kier molecular flexibility index (Phi) is 5.71. The van der Waals surface area contributed by atoms with Crippen molar-refractivity contribution in [2.45, 2.75) is 65.2 Å². The van der Waals surface area contributed by atoms with Crippen molar-refractivity contribution in [2.24, 2.45) is 0 Å². The maximum atomic E-state index is 12.3. The second-order valence-corrected chi connectivity index (χ2v) is 7.18. The van der Waals surface area contributed by atoms with Crippen molar-refractivity contribution in [2.75, 3.05) is 6.54 Å². The van der Waals surface area contributed by atoms with Gasteiger partial charge in [0, 0.05) is 18.3 Å². The minimum atomic E-state index is -0.496. The minimum absolute atomic E-state index is 0.0903. The van der Waals surface area contributed by atoms with Gasteiger partial charge in [-0.1, -0.05) is 11.8 Å². The molecule has 0 bridgehead atoms. The summed E-state index contributed by atoms with van der Waals surface area (Å²) in [6.45, 7) is 10.2. The zero-order chi connectivity index (χ0) is 17.7. The molecular formula is C19H26N2O3. The van der Waals surface area contributed by atoms with Crippen LogP contribution in [0.3, 0.4) is 0 Å². The summed E-state index contributed by atoms with van der Waals surface area (Å²) >= 11 is 0. The summed E-state index contributed by atoms with van der Waals surface area (Å²) in [5.74, 6) is 6.98. The first-order valence-corrected chi connectivity index (χ1v) is 8.37. The predicted molar refractivity (Wildman–Crippen MR) is 92.8 cm³/mol. The van der Waals surface area contributed by atoms with Crippen LogP contribution in [0, 0.1) is 11.8 Å². The van der Waals surface area contributed by atoms with Crippen LogP contribution in [0.5, 0.6) is 5.75 Å². The van der Waals surface area contributed by atoms with Crippen LogP contribution in [0.15, 0.2) is 18.5 Å². The van der Waals surface area contributed by atoms with Crippen LogP contribution in [0.1, 0.15) is 53.0 Å². The van der Waals surface area contributed by atoms with E-state index in [2.05, 4.69) is 16.8 Å². The molecule has 1 aliphatic rings. The number of hydrogen-bond acceptors (Lipinski definition) is 4. The van der Waals surface area contributed by atoms with Crippen LogP contribution in [0.4, 0.5) is 4.79 Å². The Morgan fingerprint density at radius 3 is 2.79 bits per heavy atom. The lowest BCUT2D eigenvalue weighted by Crippen LogP contribution is -2.39. The molecule has 2 rings (SSSR count). The van der Waals surface area contributed by atoms with Crippen LogP contribution in [0.25, 0.3) is 0 Å². The van der Waals surface area contributed by atoms with E-state index in [9.17, 15) is 4.79 Å². The molecule has 0 spiro atoms. The van der Waals surface area contributed by atoms with Gasteiger partial charge in [0.1, 0.15) is 11.4 Å². The fraction of sp³-hybridized carbons (Fsp3) is 0.579. The third-order valence-corrected chi connectivity index (χ3v) is 3.35. The molecule has 1 aromatic rings. The Morgan fingerprint density at radius 1 is 1.38 bits per heavy atom. The number of carbonyl (C=O) groups is 1. The second-order valence-electron chi connectivity index (χ2n) is 7.18. The molecule has 1 aromatic heterocycles. The summed E-state index contributed by atoms with van der Waals surface area (Å²) in [5.41, 5.74) is 0.286. The van der Waals surface area contributed by atoms with Crippen LogP contribution in [0.2, 0.25) is 0 Å². The highest BCUT2D eigenvalue weighted by atomic mass is 16.6. The Labute approximate surface area is 144 Å². The number of pyridine rings is 1. The van der Waals surface area contributed by atoms with Gasteiger partial charge in [0.25, 0.3) is 0 Å². The van der Waals surface area contributed by atoms with Gasteiger partial charge in [-0.15, -0.1) is 0 Å². The van der Waals surface area contributed by atoms with Gasteiger partial charge >= 0.3 is 6.09 Å². The van der Waals surface area contributed by atoms with E-state index in [1.165, 1.54) is 0 Å². The van der Waals surface area contributed by atoms with Crippen molar-refractivity contribution >= 4 is 6.09 Å². The number of hydrogen-bond donors (Lipinski definition) is 0. The van der Waals surface area contributed by atoms with Crippen LogP contribution in [-0.4, -0.2) is 40.3 Å². The number of aromatic nitrogens is 1. The topological polar surface area (TPSA) is 51.7 Å². The van der Waals surface area contributed by atoms with E-state index < -0.39 is 5.60 Å². The molecule has 5 nitrogen and oxygen atoms in total. The molecule has 0 radical (unpaired) electrons. The van der Waals surface area contributed by atoms with Gasteiger partial charge in [0.15, 0.2) is 0 Å². The first-order valence-electron chi connectivity index (χ1n) is 8.37. The lowest BCUT2D eigenvalue weighted by atomic mass is 10.2. The summed E-state index contributed by atoms with van der Waals surface area (Å²) in [7, 11) is 0. The molecule has 5 heteroatoms. The zero-order valence-electron chi connectivity index (χ0n) is 15.1. The summed E-state index contributed by atoms with van der Waals surface area (Å²) in [6.07, 6.45) is 4.97. The minimum Gasteiger partial charge on any atom is -0.489 e. The van der Waals surface area contributed by atoms with Crippen molar-refractivity contribution in [3.8, 4) is 17.6 Å². The molecule has 1 unspecified atom stereocenters. The maximum Gasteiger partial charge on any atom is 0.411 e. The molecule has 0 aliphatic carbocycles. The van der Waals surface area contributed by atoms with Crippen LogP contribution >= 0.6 is 0 Å². The van der Waals surface area contributed by atoms with Gasteiger partial charge in [-0.3, -0.25) is 9.88 Å². The lowest BCUT2D eigenvalue weighted by Gasteiger charge is -2.26. The molecule has 0 saturated carbocycles. The normalized spacial score (nSPS) is 17.4. The van der Waals surface area contributed by atoms with Gasteiger partial charge < -0.3 is 9.47 Å². The third-order valence-electron chi connectivity index (χ3n) is 3.35. The average molecular weight is 330 g/mol. The highest BCUT2D eigenvalue weighted by Gasteiger charge is 2.31. The zero-order valence-corrected chi connectivity index (χ0v) is 15.1. The standard InChI is InChI=1S/C19H26N2O3/c1-14(2)23-17-11-15(12-20-13-17)8-9-16-7-6-10-21(16)18(22)24-19(3,4)5/h11-14,16H,6-7,10H2,1-5H3. The van der Waals surface area contributed by atoms with Crippen LogP contribution in [-0.2, 0) is 4.74 Å². The van der Waals surface area contributed by atoms with Crippen molar-refractivity contribution in [3.05, 3.63) is 24.0 Å². The second kappa shape index (κ2) is 7.57. The van der Waals surface area contributed by atoms with E-state index >= 15 is 0 Å². The molecule has 0 aromatic carbocycles. The quantitative estimate of drug-likeness (QED) is 0.777. The SMILES string of the molecule is CC(C)Oc1cncc(C#CC2CCCN2C(=O)OC(C)(C)C)c1. The number of ether oxygens (including phenoxy) is 2. The van der Waals surface area contributed by atoms with E-state index in [1.807, 2.05) is 40.7 Å². The molecular weight excluding hydrogens is 304 g/mol. The van der Waals surface area contributed by atoms with Crippen molar-refractivity contribution in [1.29, 1.82) is 0 Å². The summed E-state index contributed by atoms with van der Waals surface area (Å²) in [5, 5.41) is 0. The molecule has 1 saturated heterocycles. The molecule has 24 heavy (non-hydrogen) atoms. The predicted octanol–water partition coefficient (Wildman–Crippen LogP) is 3.62. The summed E-state index contributed by atoms with van der Waals surface area (Å²) in [6, 6.07) is 1.75. The molecule has 2 heterocycles. The Hall–Kier alpha value is -2.22. The average Bonchev–Trinajstić information content (AvgIpc) is 2.91. The first-order chi connectivity index (χ1) is 11.2. The largest absolute Gasteiger partial charge is 0.489 e. The third kappa shape index (κ3) is 5.45. The fourth-order valence-electron chi connectivity index (χ4n) is 2.45. The molecule has 1 fully saturated rings. The lowest BCUT2D eigenvalue weighted by molar-refractivity contribution is 0.0261. The smallest absolute Gasteiger partial charge is 0.411 e. The number of likely N-dealkylation sites (tertiary alicyclic amines) is 1. The maximum absolute atomic E-state index is 12.3. The van der Waals surface area contributed by atoms with Crippen molar-refractivity contribution in [1.82, 2.24) is 9.88 Å². The van der Waals surface area contributed by atoms with E-state index in [0.717, 1.165) is 18.4 Å². The first kappa shape index (κ1) is 18.1. The Morgan fingerprint density at radius 2 is 2.12 bits per heavy atom. The van der Waals surface area contributed by atoms with E-state index in [0.29, 0.717) is 12.3 Å². The van der Waals surface area contributed by atoms with Crippen LogP contribution < -0.4 is 4.74 Å². The molecule has 1 amide bonds. The summed E-state index contributed by atoms with van der Waals surface area (Å²) < 4.78 is 11.1. The van der Waals surface area contributed by atoms with E-state index in [4.69, 9.17) is 9.47 Å². The van der Waals surface area contributed by atoms with Crippen molar-refractivity contribution < 1.29 is 14.3 Å². The highest BCUT2D eigenvalue weighted by molar-refractivity contribution is 5.69. The van der Waals surface area contributed by atoms with E-state index in [-0.39, 0.29) is 18.2 Å². The van der Waals surface area contributed by atoms with Crippen molar-refractivity contribution in [3.63, 3.8) is 0 Å². The Balaban J connectivity index is 2.07. The Bertz CT molecular complexity index is 638. The summed E-state index contributed by atoms with van der Waals surface area (Å²) in [4.78, 5) is 18.1. The molecule has 0 N–H and O–H groups in total. The number of carbonyl (C=O) groups excluding carboxylic acids is 1. The van der Waals surface area contributed by atoms with Gasteiger partial charge in [0.05, 0.1) is 18.3 Å². The van der Waals surface area contributed by atoms with Gasteiger partial charge in [-0.25, -0.2) is 4.79 Å². The van der Waals surface area contributed by atoms with Gasteiger partial charge in [0.2, 0.25) is 0 Å². The number of nitrogens with zero attached hydrogens (tertiary/aromatic N) is 2. The highest BCUT2D eigenvalue weighted by Crippen LogP contribution is 2.20. The van der Waals surface area contributed by atoms with E-state index in [1.54, 1.807) is 17.3 Å².